The van der Waals surface area contributed by atoms with Crippen LogP contribution < -0.4 is 11.1 Å². The Kier molecular flexibility index (Phi) is 5.69. The molecule has 0 bridgehead atoms. The van der Waals surface area contributed by atoms with Crippen LogP contribution in [0.25, 0.3) is 6.08 Å². The Labute approximate surface area is 111 Å². The van der Waals surface area contributed by atoms with Gasteiger partial charge >= 0.3 is 0 Å². The van der Waals surface area contributed by atoms with E-state index < -0.39 is 4.92 Å². The van der Waals surface area contributed by atoms with Gasteiger partial charge in [0.25, 0.3) is 5.69 Å². The van der Waals surface area contributed by atoms with Gasteiger partial charge in [-0.1, -0.05) is 12.1 Å². The van der Waals surface area contributed by atoms with Gasteiger partial charge in [-0.15, -0.1) is 0 Å². The second-order valence-corrected chi connectivity index (χ2v) is 4.24. The van der Waals surface area contributed by atoms with E-state index in [2.05, 4.69) is 5.32 Å². The predicted molar refractivity (Wildman–Crippen MR) is 73.4 cm³/mol. The van der Waals surface area contributed by atoms with E-state index in [-0.39, 0.29) is 17.6 Å². The zero-order chi connectivity index (χ0) is 14.3. The number of hydrogen-bond donors (Lipinski definition) is 2. The normalized spacial score (nSPS) is 12.3. The number of benzene rings is 1. The molecule has 0 fully saturated rings. The van der Waals surface area contributed by atoms with E-state index in [1.165, 1.54) is 24.3 Å². The van der Waals surface area contributed by atoms with Crippen LogP contribution in [0, 0.1) is 10.1 Å². The van der Waals surface area contributed by atoms with Crippen LogP contribution in [0.3, 0.4) is 0 Å². The van der Waals surface area contributed by atoms with Gasteiger partial charge in [0.05, 0.1) is 4.92 Å². The maximum atomic E-state index is 11.4. The molecule has 0 heterocycles. The van der Waals surface area contributed by atoms with Crippen LogP contribution in [0.5, 0.6) is 0 Å². The molecule has 1 rings (SSSR count). The summed E-state index contributed by atoms with van der Waals surface area (Å²) >= 11 is 0. The van der Waals surface area contributed by atoms with Gasteiger partial charge < -0.3 is 11.1 Å². The lowest BCUT2D eigenvalue weighted by Crippen LogP contribution is -2.27. The Bertz CT molecular complexity index is 484. The lowest BCUT2D eigenvalue weighted by molar-refractivity contribution is -0.384. The zero-order valence-corrected chi connectivity index (χ0v) is 10.7. The molecule has 0 spiro atoms. The van der Waals surface area contributed by atoms with Crippen molar-refractivity contribution < 1.29 is 9.72 Å². The van der Waals surface area contributed by atoms with Crippen LogP contribution in [0.1, 0.15) is 18.9 Å². The maximum Gasteiger partial charge on any atom is 0.270 e. The summed E-state index contributed by atoms with van der Waals surface area (Å²) < 4.78 is 0. The summed E-state index contributed by atoms with van der Waals surface area (Å²) in [7, 11) is 0. The van der Waals surface area contributed by atoms with Gasteiger partial charge in [-0.05, 0) is 25.0 Å². The Morgan fingerprint density at radius 3 is 2.95 bits per heavy atom. The fourth-order valence-electron chi connectivity index (χ4n) is 1.40. The standard InChI is InChI=1S/C13H17N3O3/c1-10(14)7-8-15-13(17)6-5-11-3-2-4-12(9-11)16(18)19/h2-6,9-10H,7-8,14H2,1H3,(H,15,17). The van der Waals surface area contributed by atoms with Crippen molar-refractivity contribution in [3.8, 4) is 0 Å². The van der Waals surface area contributed by atoms with E-state index in [4.69, 9.17) is 5.73 Å². The number of nitrogens with two attached hydrogens (primary N) is 1. The molecule has 0 aromatic heterocycles. The van der Waals surface area contributed by atoms with Gasteiger partial charge in [-0.3, -0.25) is 14.9 Å². The maximum absolute atomic E-state index is 11.4. The molecule has 1 aromatic rings. The molecule has 102 valence electrons. The summed E-state index contributed by atoms with van der Waals surface area (Å²) in [5, 5.41) is 13.3. The third kappa shape index (κ3) is 5.78. The van der Waals surface area contributed by atoms with Crippen molar-refractivity contribution in [3.05, 3.63) is 46.0 Å². The second-order valence-electron chi connectivity index (χ2n) is 4.24. The molecule has 0 aliphatic heterocycles. The summed E-state index contributed by atoms with van der Waals surface area (Å²) in [6.07, 6.45) is 3.59. The number of carbonyl (C=O) groups excluding carboxylic acids is 1. The van der Waals surface area contributed by atoms with Crippen LogP contribution >= 0.6 is 0 Å². The van der Waals surface area contributed by atoms with Crippen LogP contribution in [0.4, 0.5) is 5.69 Å². The minimum absolute atomic E-state index is 0.000449. The number of hydrogen-bond acceptors (Lipinski definition) is 4. The number of nitro groups is 1. The van der Waals surface area contributed by atoms with Crippen LogP contribution in [0.2, 0.25) is 0 Å². The topological polar surface area (TPSA) is 98.3 Å². The number of nitrogens with one attached hydrogen (secondary N) is 1. The first-order chi connectivity index (χ1) is 8.99. The van der Waals surface area contributed by atoms with Gasteiger partial charge in [0.15, 0.2) is 0 Å². The van der Waals surface area contributed by atoms with E-state index in [1.54, 1.807) is 12.1 Å². The number of nitrogens with zero attached hydrogens (tertiary/aromatic N) is 1. The van der Waals surface area contributed by atoms with Crippen molar-refractivity contribution in [2.24, 2.45) is 5.73 Å². The van der Waals surface area contributed by atoms with Crippen molar-refractivity contribution in [2.45, 2.75) is 19.4 Å². The predicted octanol–water partition coefficient (Wildman–Crippen LogP) is 1.46. The molecule has 0 saturated carbocycles. The number of carbonyl (C=O) groups is 1. The molecule has 1 amide bonds. The molecule has 1 aromatic carbocycles. The number of amides is 1. The number of nitro benzene ring substituents is 1. The molecule has 0 saturated heterocycles. The molecule has 0 radical (unpaired) electrons. The van der Waals surface area contributed by atoms with Gasteiger partial charge in [0.1, 0.15) is 0 Å². The monoisotopic (exact) mass is 263 g/mol. The first-order valence-corrected chi connectivity index (χ1v) is 5.95. The van der Waals surface area contributed by atoms with E-state index in [9.17, 15) is 14.9 Å². The molecule has 1 atom stereocenters. The molecule has 1 unspecified atom stereocenters. The van der Waals surface area contributed by atoms with Crippen molar-refractivity contribution >= 4 is 17.7 Å². The van der Waals surface area contributed by atoms with Crippen molar-refractivity contribution in [1.82, 2.24) is 5.32 Å². The molecule has 6 nitrogen and oxygen atoms in total. The van der Waals surface area contributed by atoms with E-state index >= 15 is 0 Å². The summed E-state index contributed by atoms with van der Waals surface area (Å²) in [6, 6.07) is 6.12. The summed E-state index contributed by atoms with van der Waals surface area (Å²) in [4.78, 5) is 21.6. The third-order valence-corrected chi connectivity index (χ3v) is 2.41. The summed E-state index contributed by atoms with van der Waals surface area (Å²) in [6.45, 7) is 2.38. The van der Waals surface area contributed by atoms with Crippen LogP contribution in [-0.4, -0.2) is 23.4 Å². The molecule has 3 N–H and O–H groups in total. The summed E-state index contributed by atoms with van der Waals surface area (Å²) in [5.74, 6) is -0.243. The largest absolute Gasteiger partial charge is 0.352 e. The lowest BCUT2D eigenvalue weighted by Gasteiger charge is -2.04. The van der Waals surface area contributed by atoms with E-state index in [0.29, 0.717) is 18.5 Å². The number of rotatable bonds is 6. The molecular weight excluding hydrogens is 246 g/mol. The summed E-state index contributed by atoms with van der Waals surface area (Å²) in [5.41, 5.74) is 6.16. The highest BCUT2D eigenvalue weighted by Gasteiger charge is 2.04. The van der Waals surface area contributed by atoms with Crippen LogP contribution in [0.15, 0.2) is 30.3 Å². The van der Waals surface area contributed by atoms with Gasteiger partial charge in [0, 0.05) is 30.8 Å². The highest BCUT2D eigenvalue weighted by Crippen LogP contribution is 2.13. The fraction of sp³-hybridized carbons (Fsp3) is 0.308. The lowest BCUT2D eigenvalue weighted by atomic mass is 10.2. The molecule has 0 aliphatic rings. The van der Waals surface area contributed by atoms with Gasteiger partial charge in [-0.2, -0.15) is 0 Å². The Morgan fingerprint density at radius 1 is 1.58 bits per heavy atom. The Balaban J connectivity index is 2.54. The molecule has 0 aliphatic carbocycles. The number of non-ortho nitro benzene ring substituents is 1. The zero-order valence-electron chi connectivity index (χ0n) is 10.7. The average Bonchev–Trinajstić information content (AvgIpc) is 2.36. The van der Waals surface area contributed by atoms with E-state index in [0.717, 1.165) is 0 Å². The quantitative estimate of drug-likeness (QED) is 0.461. The van der Waals surface area contributed by atoms with Crippen molar-refractivity contribution in [1.29, 1.82) is 0 Å². The third-order valence-electron chi connectivity index (χ3n) is 2.41. The highest BCUT2D eigenvalue weighted by molar-refractivity contribution is 5.91. The molecular formula is C13H17N3O3. The molecule has 6 heteroatoms. The van der Waals surface area contributed by atoms with Crippen LogP contribution in [-0.2, 0) is 4.79 Å². The van der Waals surface area contributed by atoms with Gasteiger partial charge in [0.2, 0.25) is 5.91 Å². The van der Waals surface area contributed by atoms with Crippen molar-refractivity contribution in [3.63, 3.8) is 0 Å². The average molecular weight is 263 g/mol. The Morgan fingerprint density at radius 2 is 2.32 bits per heavy atom. The van der Waals surface area contributed by atoms with Gasteiger partial charge in [-0.25, -0.2) is 0 Å². The fourth-order valence-corrected chi connectivity index (χ4v) is 1.40. The first kappa shape index (κ1) is 14.8. The Hall–Kier alpha value is -2.21. The van der Waals surface area contributed by atoms with Crippen molar-refractivity contribution in [2.75, 3.05) is 6.54 Å². The van der Waals surface area contributed by atoms with E-state index in [1.807, 2.05) is 6.92 Å². The minimum atomic E-state index is -0.472. The SMILES string of the molecule is CC(N)CCNC(=O)C=Cc1cccc([N+](=O)[O-])c1. The minimum Gasteiger partial charge on any atom is -0.352 e. The smallest absolute Gasteiger partial charge is 0.270 e. The first-order valence-electron chi connectivity index (χ1n) is 5.95. The second kappa shape index (κ2) is 7.27. The molecule has 19 heavy (non-hydrogen) atoms. The highest BCUT2D eigenvalue weighted by atomic mass is 16.6.